The molecule has 1 heterocycles. The van der Waals surface area contributed by atoms with Gasteiger partial charge in [0.05, 0.1) is 9.83 Å². The van der Waals surface area contributed by atoms with Gasteiger partial charge in [-0.05, 0) is 69.6 Å². The second-order valence-electron chi connectivity index (χ2n) is 4.92. The largest absolute Gasteiger partial charge is 0.329 e. The Kier molecular flexibility index (Phi) is 6.29. The molecule has 0 fully saturated rings. The van der Waals surface area contributed by atoms with Crippen LogP contribution in [0.5, 0.6) is 0 Å². The first-order chi connectivity index (χ1) is 9.93. The summed E-state index contributed by atoms with van der Waals surface area (Å²) in [7, 11) is 2.10. The Morgan fingerprint density at radius 3 is 2.57 bits per heavy atom. The number of nitrogens with zero attached hydrogens (tertiary/aromatic N) is 1. The fourth-order valence-corrected chi connectivity index (χ4v) is 4.74. The Morgan fingerprint density at radius 2 is 2.05 bits per heavy atom. The summed E-state index contributed by atoms with van der Waals surface area (Å²) in [6, 6.07) is 10.5. The van der Waals surface area contributed by atoms with Crippen molar-refractivity contribution in [2.24, 2.45) is 5.73 Å². The van der Waals surface area contributed by atoms with Crippen LogP contribution in [-0.4, -0.2) is 18.5 Å². The van der Waals surface area contributed by atoms with Crippen molar-refractivity contribution in [3.8, 4) is 0 Å². The van der Waals surface area contributed by atoms with Crippen molar-refractivity contribution in [1.82, 2.24) is 4.90 Å². The van der Waals surface area contributed by atoms with E-state index in [1.807, 2.05) is 18.2 Å². The third-order valence-electron chi connectivity index (χ3n) is 3.65. The van der Waals surface area contributed by atoms with Gasteiger partial charge in [0, 0.05) is 27.0 Å². The van der Waals surface area contributed by atoms with Gasteiger partial charge >= 0.3 is 0 Å². The molecule has 2 N–H and O–H groups in total. The number of rotatable bonds is 5. The highest BCUT2D eigenvalue weighted by Gasteiger charge is 2.23. The molecule has 6 heteroatoms. The van der Waals surface area contributed by atoms with Crippen molar-refractivity contribution < 1.29 is 0 Å². The van der Waals surface area contributed by atoms with E-state index in [9.17, 15) is 0 Å². The van der Waals surface area contributed by atoms with Crippen molar-refractivity contribution in [3.63, 3.8) is 0 Å². The van der Waals surface area contributed by atoms with Crippen LogP contribution in [0.25, 0.3) is 0 Å². The van der Waals surface area contributed by atoms with E-state index in [1.165, 1.54) is 10.4 Å². The summed E-state index contributed by atoms with van der Waals surface area (Å²) in [6.45, 7) is 2.74. The smallest absolute Gasteiger partial charge is 0.0843 e. The van der Waals surface area contributed by atoms with Gasteiger partial charge in [-0.2, -0.15) is 0 Å². The molecule has 21 heavy (non-hydrogen) atoms. The van der Waals surface area contributed by atoms with Crippen LogP contribution in [0, 0.1) is 0 Å². The second-order valence-corrected chi connectivity index (χ2v) is 8.61. The van der Waals surface area contributed by atoms with E-state index in [2.05, 4.69) is 62.9 Å². The molecule has 2 rings (SSSR count). The molecule has 0 amide bonds. The third kappa shape index (κ3) is 4.09. The van der Waals surface area contributed by atoms with Gasteiger partial charge in [0.1, 0.15) is 0 Å². The van der Waals surface area contributed by atoms with Crippen molar-refractivity contribution >= 4 is 54.8 Å². The highest BCUT2D eigenvalue weighted by atomic mass is 79.9. The van der Waals surface area contributed by atoms with Crippen LogP contribution >= 0.6 is 54.8 Å². The summed E-state index contributed by atoms with van der Waals surface area (Å²) in [6.07, 6.45) is 0. The van der Waals surface area contributed by atoms with Crippen LogP contribution in [0.3, 0.4) is 0 Å². The Labute approximate surface area is 151 Å². The number of likely N-dealkylation sites (N-methyl/N-ethyl adjacent to an activating group) is 1. The van der Waals surface area contributed by atoms with Gasteiger partial charge in [-0.3, -0.25) is 4.90 Å². The molecule has 0 saturated carbocycles. The lowest BCUT2D eigenvalue weighted by molar-refractivity contribution is 0.193. The van der Waals surface area contributed by atoms with Gasteiger partial charge in [-0.25, -0.2) is 0 Å². The van der Waals surface area contributed by atoms with Crippen LogP contribution in [0.2, 0.25) is 5.02 Å². The number of halogens is 3. The molecule has 2 aromatic rings. The molecular formula is C15H17Br2ClN2S. The normalized spacial score (nSPS) is 14.4. The van der Waals surface area contributed by atoms with E-state index in [-0.39, 0.29) is 12.1 Å². The molecule has 114 valence electrons. The van der Waals surface area contributed by atoms with Crippen molar-refractivity contribution in [3.05, 3.63) is 54.1 Å². The van der Waals surface area contributed by atoms with E-state index in [0.29, 0.717) is 6.54 Å². The Bertz CT molecular complexity index is 598. The number of nitrogens with two attached hydrogens (primary N) is 1. The van der Waals surface area contributed by atoms with E-state index in [0.717, 1.165) is 13.3 Å². The predicted molar refractivity (Wildman–Crippen MR) is 99.1 cm³/mol. The van der Waals surface area contributed by atoms with Gasteiger partial charge < -0.3 is 5.73 Å². The maximum absolute atomic E-state index is 6.09. The Hall–Kier alpha value is 0.0900. The lowest BCUT2D eigenvalue weighted by Gasteiger charge is -2.32. The first-order valence-electron chi connectivity index (χ1n) is 6.56. The van der Waals surface area contributed by atoms with Crippen LogP contribution < -0.4 is 5.73 Å². The molecule has 2 nitrogen and oxygen atoms in total. The number of thiophene rings is 1. The number of hydrogen-bond donors (Lipinski definition) is 1. The average molecular weight is 453 g/mol. The molecular weight excluding hydrogens is 436 g/mol. The lowest BCUT2D eigenvalue weighted by Crippen LogP contribution is -2.32. The van der Waals surface area contributed by atoms with E-state index in [1.54, 1.807) is 11.3 Å². The molecule has 1 aromatic carbocycles. The molecule has 2 atom stereocenters. The molecule has 0 aliphatic rings. The van der Waals surface area contributed by atoms with Gasteiger partial charge in [-0.15, -0.1) is 11.3 Å². The summed E-state index contributed by atoms with van der Waals surface area (Å²) in [4.78, 5) is 3.53. The molecule has 0 radical (unpaired) electrons. The van der Waals surface area contributed by atoms with Crippen molar-refractivity contribution in [2.45, 2.75) is 19.0 Å². The zero-order chi connectivity index (χ0) is 15.6. The van der Waals surface area contributed by atoms with E-state index >= 15 is 0 Å². The van der Waals surface area contributed by atoms with Crippen LogP contribution in [0.15, 0.2) is 38.6 Å². The van der Waals surface area contributed by atoms with Crippen LogP contribution in [-0.2, 0) is 0 Å². The van der Waals surface area contributed by atoms with Crippen molar-refractivity contribution in [1.29, 1.82) is 0 Å². The highest BCUT2D eigenvalue weighted by Crippen LogP contribution is 2.38. The highest BCUT2D eigenvalue weighted by molar-refractivity contribution is 9.13. The molecule has 2 unspecified atom stereocenters. The van der Waals surface area contributed by atoms with Crippen LogP contribution in [0.4, 0.5) is 0 Å². The van der Waals surface area contributed by atoms with Crippen molar-refractivity contribution in [2.75, 3.05) is 13.6 Å². The summed E-state index contributed by atoms with van der Waals surface area (Å²) in [5.41, 5.74) is 7.21. The third-order valence-corrected chi connectivity index (χ3v) is 7.24. The molecule has 0 spiro atoms. The van der Waals surface area contributed by atoms with E-state index in [4.69, 9.17) is 17.3 Å². The maximum atomic E-state index is 6.09. The second kappa shape index (κ2) is 7.57. The first-order valence-corrected chi connectivity index (χ1v) is 9.34. The molecule has 0 aliphatic heterocycles. The number of hydrogen-bond acceptors (Lipinski definition) is 3. The van der Waals surface area contributed by atoms with Crippen LogP contribution in [0.1, 0.15) is 29.4 Å². The summed E-state index contributed by atoms with van der Waals surface area (Å²) in [5.74, 6) is 0. The maximum Gasteiger partial charge on any atom is 0.0843 e. The summed E-state index contributed by atoms with van der Waals surface area (Å²) >= 11 is 14.9. The zero-order valence-corrected chi connectivity index (χ0v) is 16.6. The standard InChI is InChI=1S/C15H17Br2ClN2S/c1-9(10-4-3-5-11(18)6-10)20(2)13(8-19)14-7-12(16)15(17)21-14/h3-7,9,13H,8,19H2,1-2H3. The minimum atomic E-state index is 0.173. The molecule has 0 saturated heterocycles. The van der Waals surface area contributed by atoms with Gasteiger partial charge in [0.25, 0.3) is 0 Å². The zero-order valence-electron chi connectivity index (χ0n) is 11.8. The fraction of sp³-hybridized carbons (Fsp3) is 0.333. The van der Waals surface area contributed by atoms with E-state index < -0.39 is 0 Å². The fourth-order valence-electron chi connectivity index (χ4n) is 2.28. The topological polar surface area (TPSA) is 29.3 Å². The summed E-state index contributed by atoms with van der Waals surface area (Å²) < 4.78 is 2.17. The summed E-state index contributed by atoms with van der Waals surface area (Å²) in [5, 5.41) is 0.763. The SMILES string of the molecule is CC(c1cccc(Cl)c1)N(C)C(CN)c1cc(Br)c(Br)s1. The number of benzene rings is 1. The van der Waals surface area contributed by atoms with Gasteiger partial charge in [0.15, 0.2) is 0 Å². The molecule has 1 aromatic heterocycles. The average Bonchev–Trinajstić information content (AvgIpc) is 2.78. The quantitative estimate of drug-likeness (QED) is 0.638. The monoisotopic (exact) mass is 450 g/mol. The molecule has 0 bridgehead atoms. The minimum Gasteiger partial charge on any atom is -0.329 e. The Balaban J connectivity index is 2.25. The van der Waals surface area contributed by atoms with Gasteiger partial charge in [0.2, 0.25) is 0 Å². The Morgan fingerprint density at radius 1 is 1.33 bits per heavy atom. The van der Waals surface area contributed by atoms with Gasteiger partial charge in [-0.1, -0.05) is 23.7 Å². The molecule has 0 aliphatic carbocycles. The lowest BCUT2D eigenvalue weighted by atomic mass is 10.0. The predicted octanol–water partition coefficient (Wildman–Crippen LogP) is 5.62. The minimum absolute atomic E-state index is 0.173. The first kappa shape index (κ1) is 17.4.